The summed E-state index contributed by atoms with van der Waals surface area (Å²) in [7, 11) is 1.63. The molecular weight excluding hydrogens is 228 g/mol. The number of anilines is 1. The highest BCUT2D eigenvalue weighted by Crippen LogP contribution is 2.16. The van der Waals surface area contributed by atoms with Gasteiger partial charge in [-0.15, -0.1) is 10.2 Å². The second kappa shape index (κ2) is 5.76. The maximum Gasteiger partial charge on any atom is 0.284 e. The number of hydrogen-bond acceptors (Lipinski definition) is 6. The van der Waals surface area contributed by atoms with Gasteiger partial charge in [0, 0.05) is 20.1 Å². The number of carbonyl (C=O) groups is 1. The van der Waals surface area contributed by atoms with Crippen molar-refractivity contribution in [2.24, 2.45) is 0 Å². The molecule has 1 amide bonds. The molecule has 1 aromatic rings. The van der Waals surface area contributed by atoms with Crippen LogP contribution in [-0.2, 0) is 0 Å². The van der Waals surface area contributed by atoms with Crippen LogP contribution in [0.5, 0.6) is 0 Å². The van der Waals surface area contributed by atoms with Gasteiger partial charge in [0.2, 0.25) is 10.1 Å². The monoisotopic (exact) mass is 244 g/mol. The molecule has 1 aromatic heterocycles. The van der Waals surface area contributed by atoms with Gasteiger partial charge in [0.1, 0.15) is 0 Å². The molecular formula is C9H16N4O2S. The standard InChI is InChI=1S/C9H16N4O2S/c1-4-10-9-12-11-7(16-9)8(15)13(3)5-6(2)14/h6,14H,4-5H2,1-3H3,(H,10,12). The molecule has 7 heteroatoms. The molecule has 0 bridgehead atoms. The molecule has 0 aliphatic carbocycles. The molecule has 0 aliphatic rings. The lowest BCUT2D eigenvalue weighted by Crippen LogP contribution is -2.32. The Morgan fingerprint density at radius 2 is 2.31 bits per heavy atom. The summed E-state index contributed by atoms with van der Waals surface area (Å²) in [4.78, 5) is 13.2. The highest BCUT2D eigenvalue weighted by molar-refractivity contribution is 7.17. The largest absolute Gasteiger partial charge is 0.392 e. The van der Waals surface area contributed by atoms with Crippen LogP contribution in [0.4, 0.5) is 5.13 Å². The van der Waals surface area contributed by atoms with E-state index in [9.17, 15) is 4.79 Å². The molecule has 1 unspecified atom stereocenters. The smallest absolute Gasteiger partial charge is 0.284 e. The lowest BCUT2D eigenvalue weighted by atomic mass is 10.4. The molecule has 16 heavy (non-hydrogen) atoms. The quantitative estimate of drug-likeness (QED) is 0.785. The van der Waals surface area contributed by atoms with Crippen molar-refractivity contribution in [2.45, 2.75) is 20.0 Å². The van der Waals surface area contributed by atoms with Crippen molar-refractivity contribution in [1.29, 1.82) is 0 Å². The van der Waals surface area contributed by atoms with E-state index in [0.29, 0.717) is 10.1 Å². The van der Waals surface area contributed by atoms with Crippen molar-refractivity contribution in [3.05, 3.63) is 5.01 Å². The molecule has 0 spiro atoms. The summed E-state index contributed by atoms with van der Waals surface area (Å²) in [6.45, 7) is 4.61. The third kappa shape index (κ3) is 3.42. The minimum atomic E-state index is -0.546. The number of aliphatic hydroxyl groups is 1. The Morgan fingerprint density at radius 1 is 1.62 bits per heavy atom. The molecule has 6 nitrogen and oxygen atoms in total. The molecule has 1 rings (SSSR count). The number of amides is 1. The van der Waals surface area contributed by atoms with Crippen molar-refractivity contribution in [3.63, 3.8) is 0 Å². The van der Waals surface area contributed by atoms with Gasteiger partial charge in [-0.2, -0.15) is 0 Å². The van der Waals surface area contributed by atoms with Gasteiger partial charge in [-0.1, -0.05) is 11.3 Å². The van der Waals surface area contributed by atoms with Crippen LogP contribution in [0.2, 0.25) is 0 Å². The van der Waals surface area contributed by atoms with Gasteiger partial charge in [0.15, 0.2) is 0 Å². The van der Waals surface area contributed by atoms with Gasteiger partial charge in [-0.25, -0.2) is 0 Å². The van der Waals surface area contributed by atoms with Crippen molar-refractivity contribution < 1.29 is 9.90 Å². The molecule has 1 atom stereocenters. The Morgan fingerprint density at radius 3 is 2.88 bits per heavy atom. The number of carbonyl (C=O) groups excluding carboxylic acids is 1. The van der Waals surface area contributed by atoms with Crippen LogP contribution in [0, 0.1) is 0 Å². The van der Waals surface area contributed by atoms with Gasteiger partial charge in [0.25, 0.3) is 5.91 Å². The number of aliphatic hydroxyl groups excluding tert-OH is 1. The number of hydrogen-bond donors (Lipinski definition) is 2. The first-order valence-electron chi connectivity index (χ1n) is 5.05. The second-order valence-corrected chi connectivity index (χ2v) is 4.45. The average molecular weight is 244 g/mol. The third-order valence-corrected chi connectivity index (χ3v) is 2.69. The topological polar surface area (TPSA) is 78.4 Å². The van der Waals surface area contributed by atoms with Crippen LogP contribution in [0.15, 0.2) is 0 Å². The van der Waals surface area contributed by atoms with Crippen molar-refractivity contribution in [3.8, 4) is 0 Å². The van der Waals surface area contributed by atoms with E-state index < -0.39 is 6.10 Å². The number of likely N-dealkylation sites (N-methyl/N-ethyl adjacent to an activating group) is 1. The lowest BCUT2D eigenvalue weighted by Gasteiger charge is -2.16. The van der Waals surface area contributed by atoms with E-state index in [1.807, 2.05) is 6.92 Å². The molecule has 0 saturated carbocycles. The van der Waals surface area contributed by atoms with Gasteiger partial charge < -0.3 is 15.3 Å². The number of nitrogens with one attached hydrogen (secondary N) is 1. The summed E-state index contributed by atoms with van der Waals surface area (Å²) in [5.41, 5.74) is 0. The SMILES string of the molecule is CCNc1nnc(C(=O)N(C)CC(C)O)s1. The minimum absolute atomic E-state index is 0.220. The van der Waals surface area contributed by atoms with Gasteiger partial charge in [0.05, 0.1) is 6.10 Å². The summed E-state index contributed by atoms with van der Waals surface area (Å²) >= 11 is 1.21. The maximum atomic E-state index is 11.8. The van der Waals surface area contributed by atoms with E-state index in [1.54, 1.807) is 14.0 Å². The van der Waals surface area contributed by atoms with E-state index in [-0.39, 0.29) is 12.5 Å². The Bertz CT molecular complexity index is 353. The number of nitrogens with zero attached hydrogens (tertiary/aromatic N) is 3. The van der Waals surface area contributed by atoms with Gasteiger partial charge >= 0.3 is 0 Å². The summed E-state index contributed by atoms with van der Waals surface area (Å²) in [5.74, 6) is -0.220. The van der Waals surface area contributed by atoms with Crippen LogP contribution < -0.4 is 5.32 Å². The average Bonchev–Trinajstić information content (AvgIpc) is 2.64. The van der Waals surface area contributed by atoms with Crippen molar-refractivity contribution in [2.75, 3.05) is 25.5 Å². The Hall–Kier alpha value is -1.21. The molecule has 0 saturated heterocycles. The zero-order valence-corrected chi connectivity index (χ0v) is 10.4. The predicted molar refractivity (Wildman–Crippen MR) is 62.7 cm³/mol. The van der Waals surface area contributed by atoms with E-state index in [0.717, 1.165) is 6.54 Å². The summed E-state index contributed by atoms with van der Waals surface area (Å²) in [6, 6.07) is 0. The first-order chi connectivity index (χ1) is 7.54. The van der Waals surface area contributed by atoms with Crippen molar-refractivity contribution >= 4 is 22.4 Å². The first kappa shape index (κ1) is 12.9. The van der Waals surface area contributed by atoms with Gasteiger partial charge in [-0.05, 0) is 13.8 Å². The third-order valence-electron chi connectivity index (χ3n) is 1.82. The Balaban J connectivity index is 2.64. The molecule has 0 aliphatic heterocycles. The summed E-state index contributed by atoms with van der Waals surface area (Å²) in [5, 5.41) is 20.8. The van der Waals surface area contributed by atoms with Crippen molar-refractivity contribution in [1.82, 2.24) is 15.1 Å². The highest BCUT2D eigenvalue weighted by atomic mass is 32.1. The fraction of sp³-hybridized carbons (Fsp3) is 0.667. The molecule has 0 fully saturated rings. The molecule has 2 N–H and O–H groups in total. The van der Waals surface area contributed by atoms with E-state index in [2.05, 4.69) is 15.5 Å². The van der Waals surface area contributed by atoms with E-state index >= 15 is 0 Å². The van der Waals surface area contributed by atoms with Crippen LogP contribution >= 0.6 is 11.3 Å². The minimum Gasteiger partial charge on any atom is -0.392 e. The first-order valence-corrected chi connectivity index (χ1v) is 5.87. The zero-order chi connectivity index (χ0) is 12.1. The molecule has 0 radical (unpaired) electrons. The second-order valence-electron chi connectivity index (χ2n) is 3.48. The van der Waals surface area contributed by atoms with Crippen LogP contribution in [0.3, 0.4) is 0 Å². The maximum absolute atomic E-state index is 11.8. The van der Waals surface area contributed by atoms with Gasteiger partial charge in [-0.3, -0.25) is 4.79 Å². The predicted octanol–water partition coefficient (Wildman–Crippen LogP) is 0.423. The van der Waals surface area contributed by atoms with Crippen LogP contribution in [0.1, 0.15) is 23.6 Å². The van der Waals surface area contributed by atoms with Crippen LogP contribution in [-0.4, -0.2) is 52.4 Å². The summed E-state index contributed by atoms with van der Waals surface area (Å²) < 4.78 is 0. The number of aromatic nitrogens is 2. The fourth-order valence-electron chi connectivity index (χ4n) is 1.17. The highest BCUT2D eigenvalue weighted by Gasteiger charge is 2.17. The lowest BCUT2D eigenvalue weighted by molar-refractivity contribution is 0.0702. The molecule has 0 aromatic carbocycles. The Kier molecular flexibility index (Phi) is 4.63. The number of rotatable bonds is 5. The fourth-order valence-corrected chi connectivity index (χ4v) is 1.98. The molecule has 1 heterocycles. The van der Waals surface area contributed by atoms with E-state index in [1.165, 1.54) is 16.2 Å². The molecule has 90 valence electrons. The Labute approximate surface area is 98.3 Å². The zero-order valence-electron chi connectivity index (χ0n) is 9.60. The van der Waals surface area contributed by atoms with E-state index in [4.69, 9.17) is 5.11 Å². The van der Waals surface area contributed by atoms with Crippen LogP contribution in [0.25, 0.3) is 0 Å². The normalized spacial score (nSPS) is 12.2. The summed E-state index contributed by atoms with van der Waals surface area (Å²) in [6.07, 6.45) is -0.546.